The second-order valence-electron chi connectivity index (χ2n) is 7.24. The van der Waals surface area contributed by atoms with E-state index < -0.39 is 0 Å². The summed E-state index contributed by atoms with van der Waals surface area (Å²) < 4.78 is 11.0. The highest BCUT2D eigenvalue weighted by molar-refractivity contribution is 6.04. The maximum atomic E-state index is 12.5. The highest BCUT2D eigenvalue weighted by atomic mass is 16.5. The number of hydrogen-bond donors (Lipinski definition) is 2. The molecular weight excluding hydrogens is 356 g/mol. The van der Waals surface area contributed by atoms with Crippen LogP contribution in [0.15, 0.2) is 42.5 Å². The molecule has 0 aliphatic carbocycles. The van der Waals surface area contributed by atoms with E-state index in [2.05, 4.69) is 24.5 Å². The average Bonchev–Trinajstić information content (AvgIpc) is 2.67. The third kappa shape index (κ3) is 6.01. The number of hydrogen-bond acceptors (Lipinski definition) is 4. The van der Waals surface area contributed by atoms with E-state index in [1.54, 1.807) is 42.5 Å². The number of benzene rings is 2. The first-order valence-corrected chi connectivity index (χ1v) is 9.33. The highest BCUT2D eigenvalue weighted by Crippen LogP contribution is 2.28. The summed E-state index contributed by atoms with van der Waals surface area (Å²) in [6, 6.07) is 12.1. The molecule has 0 aliphatic heterocycles. The first-order valence-electron chi connectivity index (χ1n) is 9.33. The zero-order chi connectivity index (χ0) is 20.7. The van der Waals surface area contributed by atoms with E-state index in [9.17, 15) is 9.59 Å². The molecule has 6 nitrogen and oxygen atoms in total. The van der Waals surface area contributed by atoms with Gasteiger partial charge in [0.1, 0.15) is 11.5 Å². The largest absolute Gasteiger partial charge is 0.494 e. The van der Waals surface area contributed by atoms with Gasteiger partial charge >= 0.3 is 0 Å². The van der Waals surface area contributed by atoms with Crippen molar-refractivity contribution in [1.82, 2.24) is 0 Å². The molecule has 150 valence electrons. The monoisotopic (exact) mass is 384 g/mol. The van der Waals surface area contributed by atoms with Crippen LogP contribution in [0.2, 0.25) is 0 Å². The highest BCUT2D eigenvalue weighted by Gasteiger charge is 2.13. The lowest BCUT2D eigenvalue weighted by atomic mass is 10.1. The van der Waals surface area contributed by atoms with Crippen molar-refractivity contribution in [2.75, 3.05) is 24.4 Å². The van der Waals surface area contributed by atoms with Crippen molar-refractivity contribution in [1.29, 1.82) is 0 Å². The van der Waals surface area contributed by atoms with E-state index in [0.717, 1.165) is 5.75 Å². The van der Waals surface area contributed by atoms with Gasteiger partial charge in [0, 0.05) is 23.2 Å². The Hall–Kier alpha value is -3.02. The molecule has 0 unspecified atom stereocenters. The second kappa shape index (κ2) is 9.78. The molecule has 2 aromatic carbocycles. The maximum Gasteiger partial charge on any atom is 0.255 e. The minimum Gasteiger partial charge on any atom is -0.494 e. The van der Waals surface area contributed by atoms with Crippen molar-refractivity contribution >= 4 is 23.2 Å². The van der Waals surface area contributed by atoms with Gasteiger partial charge < -0.3 is 20.1 Å². The molecule has 0 radical (unpaired) electrons. The number of carbonyl (C=O) groups is 2. The number of carbonyl (C=O) groups excluding carboxylic acids is 2. The molecule has 2 N–H and O–H groups in total. The quantitative estimate of drug-likeness (QED) is 0.699. The van der Waals surface area contributed by atoms with Crippen LogP contribution in [0.25, 0.3) is 0 Å². The number of anilines is 2. The fraction of sp³-hybridized carbons (Fsp3) is 0.364. The Morgan fingerprint density at radius 2 is 1.64 bits per heavy atom. The summed E-state index contributed by atoms with van der Waals surface area (Å²) in [5.41, 5.74) is 1.66. The van der Waals surface area contributed by atoms with Crippen molar-refractivity contribution in [2.24, 2.45) is 11.8 Å². The van der Waals surface area contributed by atoms with Crippen molar-refractivity contribution in [2.45, 2.75) is 27.7 Å². The molecule has 0 heterocycles. The molecule has 2 aromatic rings. The van der Waals surface area contributed by atoms with Crippen LogP contribution in [0.1, 0.15) is 38.1 Å². The summed E-state index contributed by atoms with van der Waals surface area (Å²) in [7, 11) is 1.52. The first-order chi connectivity index (χ1) is 13.3. The molecule has 0 saturated carbocycles. The SMILES string of the molecule is COc1cc(NC(=O)c2ccc(OCC(C)C)cc2)ccc1NC(=O)C(C)C. The molecule has 0 saturated heterocycles. The molecule has 0 bridgehead atoms. The first kappa shape index (κ1) is 21.3. The van der Waals surface area contributed by atoms with Crippen molar-refractivity contribution in [3.8, 4) is 11.5 Å². The van der Waals surface area contributed by atoms with Crippen molar-refractivity contribution in [3.05, 3.63) is 48.0 Å². The molecule has 0 aliphatic rings. The standard InChI is InChI=1S/C22H28N2O4/c1-14(2)13-28-18-9-6-16(7-10-18)22(26)23-17-8-11-19(20(12-17)27-5)24-21(25)15(3)4/h6-12,14-15H,13H2,1-5H3,(H,23,26)(H,24,25). The van der Waals surface area contributed by atoms with Gasteiger partial charge in [0.15, 0.2) is 0 Å². The summed E-state index contributed by atoms with van der Waals surface area (Å²) >= 11 is 0. The Labute approximate surface area is 166 Å². The number of methoxy groups -OCH3 is 1. The van der Waals surface area contributed by atoms with Crippen LogP contribution < -0.4 is 20.1 Å². The Kier molecular flexibility index (Phi) is 7.44. The van der Waals surface area contributed by atoms with E-state index >= 15 is 0 Å². The molecule has 28 heavy (non-hydrogen) atoms. The van der Waals surface area contributed by atoms with Crippen LogP contribution in [-0.4, -0.2) is 25.5 Å². The fourth-order valence-corrected chi connectivity index (χ4v) is 2.32. The van der Waals surface area contributed by atoms with Gasteiger partial charge in [0.05, 0.1) is 19.4 Å². The normalized spacial score (nSPS) is 10.7. The lowest BCUT2D eigenvalue weighted by Crippen LogP contribution is -2.18. The third-order valence-corrected chi connectivity index (χ3v) is 3.94. The second-order valence-corrected chi connectivity index (χ2v) is 7.24. The summed E-state index contributed by atoms with van der Waals surface area (Å²) in [4.78, 5) is 24.4. The average molecular weight is 384 g/mol. The Balaban J connectivity index is 2.06. The number of amides is 2. The van der Waals surface area contributed by atoms with Crippen LogP contribution in [0.5, 0.6) is 11.5 Å². The summed E-state index contributed by atoms with van der Waals surface area (Å²) in [6.45, 7) is 8.42. The predicted molar refractivity (Wildman–Crippen MR) is 111 cm³/mol. The molecule has 2 rings (SSSR count). The van der Waals surface area contributed by atoms with E-state index in [-0.39, 0.29) is 17.7 Å². The van der Waals surface area contributed by atoms with Gasteiger partial charge in [-0.15, -0.1) is 0 Å². The summed E-state index contributed by atoms with van der Waals surface area (Å²) in [6.07, 6.45) is 0. The molecular formula is C22H28N2O4. The van der Waals surface area contributed by atoms with Gasteiger partial charge in [-0.25, -0.2) is 0 Å². The van der Waals surface area contributed by atoms with Crippen molar-refractivity contribution < 1.29 is 19.1 Å². The molecule has 0 atom stereocenters. The Morgan fingerprint density at radius 3 is 2.21 bits per heavy atom. The molecule has 2 amide bonds. The zero-order valence-electron chi connectivity index (χ0n) is 17.0. The van der Waals surface area contributed by atoms with E-state index in [1.807, 2.05) is 13.8 Å². The van der Waals surface area contributed by atoms with E-state index in [1.165, 1.54) is 7.11 Å². The van der Waals surface area contributed by atoms with Crippen LogP contribution in [0.3, 0.4) is 0 Å². The van der Waals surface area contributed by atoms with E-state index in [0.29, 0.717) is 35.2 Å². The van der Waals surface area contributed by atoms with Crippen LogP contribution >= 0.6 is 0 Å². The van der Waals surface area contributed by atoms with Gasteiger partial charge in [0.25, 0.3) is 5.91 Å². The molecule has 0 aromatic heterocycles. The molecule has 0 fully saturated rings. The lowest BCUT2D eigenvalue weighted by molar-refractivity contribution is -0.118. The van der Waals surface area contributed by atoms with E-state index in [4.69, 9.17) is 9.47 Å². The maximum absolute atomic E-state index is 12.5. The predicted octanol–water partition coefficient (Wildman–Crippen LogP) is 4.58. The van der Waals surface area contributed by atoms with Gasteiger partial charge in [-0.2, -0.15) is 0 Å². The van der Waals surface area contributed by atoms with Gasteiger partial charge in [0.2, 0.25) is 5.91 Å². The van der Waals surface area contributed by atoms with Crippen molar-refractivity contribution in [3.63, 3.8) is 0 Å². The van der Waals surface area contributed by atoms with Gasteiger partial charge in [-0.3, -0.25) is 9.59 Å². The molecule has 6 heteroatoms. The number of rotatable bonds is 8. The van der Waals surface area contributed by atoms with Gasteiger partial charge in [-0.05, 0) is 42.3 Å². The smallest absolute Gasteiger partial charge is 0.255 e. The number of ether oxygens (including phenoxy) is 2. The Morgan fingerprint density at radius 1 is 0.964 bits per heavy atom. The fourth-order valence-electron chi connectivity index (χ4n) is 2.32. The minimum atomic E-state index is -0.239. The topological polar surface area (TPSA) is 76.7 Å². The Bertz CT molecular complexity index is 814. The third-order valence-electron chi connectivity index (χ3n) is 3.94. The van der Waals surface area contributed by atoms with Crippen LogP contribution in [-0.2, 0) is 4.79 Å². The minimum absolute atomic E-state index is 0.102. The summed E-state index contributed by atoms with van der Waals surface area (Å²) in [5, 5.41) is 5.64. The summed E-state index contributed by atoms with van der Waals surface area (Å²) in [5.74, 6) is 1.16. The van der Waals surface area contributed by atoms with Crippen LogP contribution in [0.4, 0.5) is 11.4 Å². The number of nitrogens with one attached hydrogen (secondary N) is 2. The van der Waals surface area contributed by atoms with Gasteiger partial charge in [-0.1, -0.05) is 27.7 Å². The van der Waals surface area contributed by atoms with Crippen LogP contribution in [0, 0.1) is 11.8 Å². The lowest BCUT2D eigenvalue weighted by Gasteiger charge is -2.14. The zero-order valence-corrected chi connectivity index (χ0v) is 17.0. The molecule has 0 spiro atoms.